The topological polar surface area (TPSA) is 46.3 Å². The maximum Gasteiger partial charge on any atom is 0.276 e. The molecule has 3 heterocycles. The van der Waals surface area contributed by atoms with Crippen LogP contribution in [0.2, 0.25) is 0 Å². The molecule has 5 heteroatoms. The lowest BCUT2D eigenvalue weighted by molar-refractivity contribution is 0.0779. The van der Waals surface area contributed by atoms with Gasteiger partial charge >= 0.3 is 0 Å². The number of thiophene rings is 1. The number of nitrogens with zero attached hydrogens (tertiary/aromatic N) is 2. The Morgan fingerprint density at radius 3 is 2.96 bits per heavy atom. The van der Waals surface area contributed by atoms with E-state index in [2.05, 4.69) is 40.9 Å². The van der Waals surface area contributed by atoms with Crippen molar-refractivity contribution in [1.29, 1.82) is 0 Å². The highest BCUT2D eigenvalue weighted by Crippen LogP contribution is 2.38. The van der Waals surface area contributed by atoms with Gasteiger partial charge in [-0.2, -0.15) is 0 Å². The van der Waals surface area contributed by atoms with Crippen LogP contribution < -0.4 is 0 Å². The fraction of sp³-hybridized carbons (Fsp3) is 0.300. The zero-order valence-corrected chi connectivity index (χ0v) is 14.6. The maximum absolute atomic E-state index is 13.0. The van der Waals surface area contributed by atoms with Gasteiger partial charge in [-0.3, -0.25) is 4.79 Å². The van der Waals surface area contributed by atoms with E-state index in [1.165, 1.54) is 10.4 Å². The van der Waals surface area contributed by atoms with E-state index in [1.807, 2.05) is 11.0 Å². The predicted octanol–water partition coefficient (Wildman–Crippen LogP) is 4.13. The summed E-state index contributed by atoms with van der Waals surface area (Å²) in [6.45, 7) is 1.54. The summed E-state index contributed by atoms with van der Waals surface area (Å²) >= 11 is 1.75. The Hall–Kier alpha value is -2.40. The first-order chi connectivity index (χ1) is 12.3. The summed E-state index contributed by atoms with van der Waals surface area (Å²) in [5, 5.41) is 6.24. The lowest BCUT2D eigenvalue weighted by atomic mass is 9.95. The Morgan fingerprint density at radius 1 is 1.20 bits per heavy atom. The molecule has 4 nitrogen and oxygen atoms in total. The molecule has 0 radical (unpaired) electrons. The summed E-state index contributed by atoms with van der Waals surface area (Å²) in [6, 6.07) is 12.5. The van der Waals surface area contributed by atoms with Crippen molar-refractivity contribution in [3.05, 3.63) is 63.5 Å². The van der Waals surface area contributed by atoms with Gasteiger partial charge in [-0.25, -0.2) is 0 Å². The second-order valence-electron chi connectivity index (χ2n) is 6.74. The highest BCUT2D eigenvalue weighted by Gasteiger charge is 2.33. The second kappa shape index (κ2) is 5.85. The van der Waals surface area contributed by atoms with Crippen molar-refractivity contribution in [1.82, 2.24) is 10.1 Å². The van der Waals surface area contributed by atoms with Crippen molar-refractivity contribution < 1.29 is 9.32 Å². The highest BCUT2D eigenvalue weighted by atomic mass is 32.1. The Labute approximate surface area is 150 Å². The first-order valence-electron chi connectivity index (χ1n) is 8.71. The van der Waals surface area contributed by atoms with Crippen LogP contribution in [0.15, 0.2) is 46.3 Å². The molecule has 0 saturated carbocycles. The van der Waals surface area contributed by atoms with Crippen molar-refractivity contribution in [2.45, 2.75) is 25.2 Å². The van der Waals surface area contributed by atoms with Crippen LogP contribution in [-0.2, 0) is 12.8 Å². The molecule has 1 amide bonds. The molecule has 0 bridgehead atoms. The monoisotopic (exact) mass is 350 g/mol. The molecule has 0 N–H and O–H groups in total. The lowest BCUT2D eigenvalue weighted by Gasteiger charge is -2.17. The fourth-order valence-corrected chi connectivity index (χ4v) is 4.86. The van der Waals surface area contributed by atoms with E-state index in [0.717, 1.165) is 49.2 Å². The summed E-state index contributed by atoms with van der Waals surface area (Å²) in [6.07, 6.45) is 2.81. The molecule has 3 aromatic rings. The number of carbonyl (C=O) groups excluding carboxylic acids is 1. The molecule has 1 atom stereocenters. The Bertz CT molecular complexity index is 928. The third-order valence-electron chi connectivity index (χ3n) is 5.33. The number of aromatic nitrogens is 1. The Kier molecular flexibility index (Phi) is 3.48. The standard InChI is InChI=1S/C20H18N2O2S/c23-20(22-10-8-14(12-22)13-4-2-1-3-5-13)18-16-6-7-17-15(9-11-25-17)19(16)24-21-18/h1-5,9,11,14H,6-8,10,12H2/t14-/m0/s1. The average Bonchev–Trinajstić information content (AvgIpc) is 3.39. The molecule has 0 unspecified atom stereocenters. The normalized spacial score (nSPS) is 18.9. The molecular weight excluding hydrogens is 332 g/mol. The smallest absolute Gasteiger partial charge is 0.276 e. The highest BCUT2D eigenvalue weighted by molar-refractivity contribution is 7.10. The SMILES string of the molecule is O=C(c1noc2c1CCc1sccc1-2)N1CC[C@H](c2ccccc2)C1. The molecule has 25 heavy (non-hydrogen) atoms. The van der Waals surface area contributed by atoms with Crippen LogP contribution in [0.1, 0.15) is 38.8 Å². The van der Waals surface area contributed by atoms with E-state index in [9.17, 15) is 4.79 Å². The summed E-state index contributed by atoms with van der Waals surface area (Å²) in [5.41, 5.74) is 3.92. The molecule has 1 fully saturated rings. The zero-order valence-electron chi connectivity index (χ0n) is 13.8. The number of hydrogen-bond donors (Lipinski definition) is 0. The lowest BCUT2D eigenvalue weighted by Crippen LogP contribution is -2.29. The van der Waals surface area contributed by atoms with Crippen molar-refractivity contribution >= 4 is 17.2 Å². The largest absolute Gasteiger partial charge is 0.355 e. The number of rotatable bonds is 2. The first-order valence-corrected chi connectivity index (χ1v) is 9.58. The minimum absolute atomic E-state index is 0.0158. The molecule has 1 saturated heterocycles. The van der Waals surface area contributed by atoms with Crippen LogP contribution in [0.4, 0.5) is 0 Å². The summed E-state index contributed by atoms with van der Waals surface area (Å²) in [5.74, 6) is 1.23. The quantitative estimate of drug-likeness (QED) is 0.698. The first kappa shape index (κ1) is 14.9. The molecule has 0 spiro atoms. The number of carbonyl (C=O) groups is 1. The molecule has 1 aliphatic heterocycles. The van der Waals surface area contributed by atoms with Gasteiger partial charge in [0, 0.05) is 35.0 Å². The third kappa shape index (κ3) is 2.42. The molecule has 2 aromatic heterocycles. The van der Waals surface area contributed by atoms with Crippen LogP contribution in [-0.4, -0.2) is 29.1 Å². The molecule has 5 rings (SSSR count). The minimum atomic E-state index is 0.0158. The van der Waals surface area contributed by atoms with Gasteiger partial charge in [0.2, 0.25) is 0 Å². The second-order valence-corrected chi connectivity index (χ2v) is 7.74. The molecular formula is C20H18N2O2S. The number of aryl methyl sites for hydroxylation is 1. The van der Waals surface area contributed by atoms with E-state index < -0.39 is 0 Å². The Balaban J connectivity index is 1.40. The zero-order chi connectivity index (χ0) is 16.8. The van der Waals surface area contributed by atoms with Gasteiger partial charge in [0.05, 0.1) is 0 Å². The van der Waals surface area contributed by atoms with Crippen LogP contribution in [0.25, 0.3) is 11.3 Å². The maximum atomic E-state index is 13.0. The summed E-state index contributed by atoms with van der Waals surface area (Å²) in [7, 11) is 0. The number of fused-ring (bicyclic) bond motifs is 3. The van der Waals surface area contributed by atoms with Gasteiger partial charge < -0.3 is 9.42 Å². The van der Waals surface area contributed by atoms with E-state index in [-0.39, 0.29) is 5.91 Å². The van der Waals surface area contributed by atoms with Crippen molar-refractivity contribution in [3.63, 3.8) is 0 Å². The van der Waals surface area contributed by atoms with Crippen LogP contribution >= 0.6 is 11.3 Å². The number of hydrogen-bond acceptors (Lipinski definition) is 4. The van der Waals surface area contributed by atoms with Gasteiger partial charge in [-0.05, 0) is 36.3 Å². The third-order valence-corrected chi connectivity index (χ3v) is 6.31. The van der Waals surface area contributed by atoms with E-state index in [0.29, 0.717) is 11.6 Å². The van der Waals surface area contributed by atoms with Crippen molar-refractivity contribution in [2.24, 2.45) is 0 Å². The Morgan fingerprint density at radius 2 is 2.08 bits per heavy atom. The predicted molar refractivity (Wildman–Crippen MR) is 96.9 cm³/mol. The minimum Gasteiger partial charge on any atom is -0.355 e. The fourth-order valence-electron chi connectivity index (χ4n) is 3.99. The van der Waals surface area contributed by atoms with Crippen LogP contribution in [0.3, 0.4) is 0 Å². The number of amides is 1. The van der Waals surface area contributed by atoms with Gasteiger partial charge in [-0.1, -0.05) is 35.5 Å². The van der Waals surface area contributed by atoms with Gasteiger partial charge in [0.15, 0.2) is 11.5 Å². The van der Waals surface area contributed by atoms with Gasteiger partial charge in [0.25, 0.3) is 5.91 Å². The van der Waals surface area contributed by atoms with Crippen molar-refractivity contribution in [2.75, 3.05) is 13.1 Å². The summed E-state index contributed by atoms with van der Waals surface area (Å²) in [4.78, 5) is 16.3. The molecule has 126 valence electrons. The van der Waals surface area contributed by atoms with Crippen molar-refractivity contribution in [3.8, 4) is 11.3 Å². The molecule has 1 aliphatic carbocycles. The van der Waals surface area contributed by atoms with E-state index in [4.69, 9.17) is 4.52 Å². The van der Waals surface area contributed by atoms with E-state index >= 15 is 0 Å². The van der Waals surface area contributed by atoms with Gasteiger partial charge in [0.1, 0.15) is 0 Å². The van der Waals surface area contributed by atoms with Crippen LogP contribution in [0.5, 0.6) is 0 Å². The molecule has 1 aromatic carbocycles. The van der Waals surface area contributed by atoms with Crippen LogP contribution in [0, 0.1) is 0 Å². The molecule has 2 aliphatic rings. The van der Waals surface area contributed by atoms with Gasteiger partial charge in [-0.15, -0.1) is 11.3 Å². The number of benzene rings is 1. The number of likely N-dealkylation sites (tertiary alicyclic amines) is 1. The average molecular weight is 350 g/mol. The summed E-state index contributed by atoms with van der Waals surface area (Å²) < 4.78 is 5.57. The van der Waals surface area contributed by atoms with E-state index in [1.54, 1.807) is 11.3 Å².